The molecule has 3 rings (SSSR count). The Morgan fingerprint density at radius 2 is 1.60 bits per heavy atom. The first-order chi connectivity index (χ1) is 16.8. The van der Waals surface area contributed by atoms with E-state index in [-0.39, 0.29) is 6.61 Å². The van der Waals surface area contributed by atoms with E-state index in [4.69, 9.17) is 9.47 Å². The third kappa shape index (κ3) is 7.09. The van der Waals surface area contributed by atoms with Crippen molar-refractivity contribution in [1.82, 2.24) is 0 Å². The number of benzene rings is 3. The predicted molar refractivity (Wildman–Crippen MR) is 142 cm³/mol. The van der Waals surface area contributed by atoms with E-state index >= 15 is 0 Å². The first-order valence-corrected chi connectivity index (χ1v) is 12.3. The van der Waals surface area contributed by atoms with Crippen molar-refractivity contribution in [3.63, 3.8) is 0 Å². The number of carbonyl (C=O) groups excluding carboxylic acids is 1. The number of aliphatic hydroxyl groups is 1. The van der Waals surface area contributed by atoms with Gasteiger partial charge in [0, 0.05) is 17.8 Å². The van der Waals surface area contributed by atoms with E-state index in [1.807, 2.05) is 6.07 Å². The third-order valence-electron chi connectivity index (χ3n) is 6.07. The van der Waals surface area contributed by atoms with E-state index in [1.165, 1.54) is 11.3 Å². The molecule has 0 amide bonds. The number of aliphatic hydroxyl groups excluding tert-OH is 1. The highest BCUT2D eigenvalue weighted by Gasteiger charge is 2.15. The minimum Gasteiger partial charge on any atom is -0.497 e. The maximum atomic E-state index is 12.7. The van der Waals surface area contributed by atoms with Crippen LogP contribution in [0.1, 0.15) is 61.2 Å². The Bertz CT molecular complexity index is 1100. The second kappa shape index (κ2) is 12.4. The maximum Gasteiger partial charge on any atom is 0.343 e. The lowest BCUT2D eigenvalue weighted by Gasteiger charge is -2.33. The minimum absolute atomic E-state index is 0.0536. The van der Waals surface area contributed by atoms with Gasteiger partial charge in [0.15, 0.2) is 0 Å². The van der Waals surface area contributed by atoms with Gasteiger partial charge in [0.2, 0.25) is 0 Å². The van der Waals surface area contributed by atoms with Crippen molar-refractivity contribution in [1.29, 1.82) is 0 Å². The van der Waals surface area contributed by atoms with Gasteiger partial charge in [-0.25, -0.2) is 4.79 Å². The molecule has 0 aliphatic carbocycles. The topological polar surface area (TPSA) is 59.0 Å². The smallest absolute Gasteiger partial charge is 0.343 e. The summed E-state index contributed by atoms with van der Waals surface area (Å²) < 4.78 is 10.9. The van der Waals surface area contributed by atoms with Gasteiger partial charge in [-0.05, 0) is 112 Å². The van der Waals surface area contributed by atoms with Gasteiger partial charge in [0.1, 0.15) is 11.5 Å². The van der Waals surface area contributed by atoms with Crippen LogP contribution >= 0.6 is 0 Å². The first-order valence-electron chi connectivity index (χ1n) is 12.3. The number of nitrogens with zero attached hydrogens (tertiary/aromatic N) is 1. The van der Waals surface area contributed by atoms with Crippen molar-refractivity contribution in [3.8, 4) is 11.5 Å². The molecule has 3 aromatic carbocycles. The number of hydrogen-bond donors (Lipinski definition) is 1. The molecule has 0 spiro atoms. The van der Waals surface area contributed by atoms with Gasteiger partial charge in [-0.2, -0.15) is 0 Å². The molecule has 0 aliphatic heterocycles. The summed E-state index contributed by atoms with van der Waals surface area (Å²) in [6.45, 7) is 8.82. The molecule has 5 heteroatoms. The second-order valence-corrected chi connectivity index (χ2v) is 9.34. The molecular formula is C30H37NO4. The SMILES string of the molecule is COc1ccc(C(=O)Oc2ccc(CO)cc2CCCc2cccc(N(C(C)C)C(C)C)c2)cc1. The average Bonchev–Trinajstić information content (AvgIpc) is 2.84. The molecule has 0 aromatic heterocycles. The van der Waals surface area contributed by atoms with Crippen LogP contribution in [0.5, 0.6) is 11.5 Å². The summed E-state index contributed by atoms with van der Waals surface area (Å²) in [6.07, 6.45) is 2.54. The molecule has 186 valence electrons. The van der Waals surface area contributed by atoms with Crippen LogP contribution in [-0.4, -0.2) is 30.3 Å². The molecule has 0 saturated heterocycles. The average molecular weight is 476 g/mol. The number of hydrogen-bond acceptors (Lipinski definition) is 5. The van der Waals surface area contributed by atoms with E-state index < -0.39 is 5.97 Å². The Balaban J connectivity index is 1.71. The second-order valence-electron chi connectivity index (χ2n) is 9.34. The normalized spacial score (nSPS) is 11.1. The molecule has 0 atom stereocenters. The molecule has 3 aromatic rings. The Hall–Kier alpha value is -3.31. The van der Waals surface area contributed by atoms with Crippen molar-refractivity contribution in [3.05, 3.63) is 89.0 Å². The molecule has 0 aliphatic rings. The van der Waals surface area contributed by atoms with Crippen LogP contribution in [0.4, 0.5) is 5.69 Å². The highest BCUT2D eigenvalue weighted by Crippen LogP contribution is 2.26. The molecule has 0 radical (unpaired) electrons. The van der Waals surface area contributed by atoms with Crippen LogP contribution < -0.4 is 14.4 Å². The number of anilines is 1. The van der Waals surface area contributed by atoms with Crippen molar-refractivity contribution in [2.24, 2.45) is 0 Å². The van der Waals surface area contributed by atoms with Gasteiger partial charge in [-0.15, -0.1) is 0 Å². The highest BCUT2D eigenvalue weighted by molar-refractivity contribution is 5.91. The van der Waals surface area contributed by atoms with Crippen molar-refractivity contribution in [2.45, 2.75) is 65.6 Å². The van der Waals surface area contributed by atoms with Gasteiger partial charge in [-0.3, -0.25) is 0 Å². The Morgan fingerprint density at radius 3 is 2.23 bits per heavy atom. The first kappa shape index (κ1) is 26.3. The quantitative estimate of drug-likeness (QED) is 0.264. The Morgan fingerprint density at radius 1 is 0.886 bits per heavy atom. The van der Waals surface area contributed by atoms with Crippen LogP contribution in [0.2, 0.25) is 0 Å². The lowest BCUT2D eigenvalue weighted by atomic mass is 10.0. The van der Waals surface area contributed by atoms with E-state index in [0.29, 0.717) is 29.1 Å². The highest BCUT2D eigenvalue weighted by atomic mass is 16.5. The molecule has 0 bridgehead atoms. The summed E-state index contributed by atoms with van der Waals surface area (Å²) in [4.78, 5) is 15.1. The van der Waals surface area contributed by atoms with Gasteiger partial charge in [0.05, 0.1) is 19.3 Å². The van der Waals surface area contributed by atoms with E-state index in [2.05, 4.69) is 56.9 Å². The van der Waals surface area contributed by atoms with Crippen LogP contribution in [-0.2, 0) is 19.4 Å². The Labute approximate surface area is 209 Å². The van der Waals surface area contributed by atoms with Crippen LogP contribution in [0.3, 0.4) is 0 Å². The number of aryl methyl sites for hydroxylation is 2. The fraction of sp³-hybridized carbons (Fsp3) is 0.367. The molecule has 0 heterocycles. The maximum absolute atomic E-state index is 12.7. The lowest BCUT2D eigenvalue weighted by molar-refractivity contribution is 0.0733. The van der Waals surface area contributed by atoms with Crippen LogP contribution in [0.15, 0.2) is 66.7 Å². The molecular weight excluding hydrogens is 438 g/mol. The summed E-state index contributed by atoms with van der Waals surface area (Å²) in [7, 11) is 1.59. The zero-order chi connectivity index (χ0) is 25.4. The fourth-order valence-corrected chi connectivity index (χ4v) is 4.46. The minimum atomic E-state index is -0.416. The fourth-order valence-electron chi connectivity index (χ4n) is 4.46. The van der Waals surface area contributed by atoms with Crippen molar-refractivity contribution < 1.29 is 19.4 Å². The molecule has 35 heavy (non-hydrogen) atoms. The van der Waals surface area contributed by atoms with Crippen molar-refractivity contribution in [2.75, 3.05) is 12.0 Å². The van der Waals surface area contributed by atoms with E-state index in [9.17, 15) is 9.90 Å². The monoisotopic (exact) mass is 475 g/mol. The summed E-state index contributed by atoms with van der Waals surface area (Å²) in [5, 5.41) is 9.61. The summed E-state index contributed by atoms with van der Waals surface area (Å²) >= 11 is 0. The Kier molecular flexibility index (Phi) is 9.32. The van der Waals surface area contributed by atoms with Crippen molar-refractivity contribution >= 4 is 11.7 Å². The number of esters is 1. The number of methoxy groups -OCH3 is 1. The summed E-state index contributed by atoms with van der Waals surface area (Å²) in [5.41, 5.74) is 4.70. The number of carbonyl (C=O) groups is 1. The zero-order valence-electron chi connectivity index (χ0n) is 21.5. The van der Waals surface area contributed by atoms with E-state index in [1.54, 1.807) is 43.5 Å². The van der Waals surface area contributed by atoms with Gasteiger partial charge < -0.3 is 19.5 Å². The molecule has 0 fully saturated rings. The van der Waals surface area contributed by atoms with Crippen LogP contribution in [0, 0.1) is 0 Å². The summed E-state index contributed by atoms with van der Waals surface area (Å²) in [5.74, 6) is 0.798. The lowest BCUT2D eigenvalue weighted by Crippen LogP contribution is -2.36. The van der Waals surface area contributed by atoms with E-state index in [0.717, 1.165) is 30.4 Å². The predicted octanol–water partition coefficient (Wildman–Crippen LogP) is 6.21. The standard InChI is InChI=1S/C30H37NO4/c1-21(2)31(22(3)4)27-11-7-9-23(19-27)8-6-10-26-18-24(20-32)12-17-29(26)35-30(33)25-13-15-28(34-5)16-14-25/h7,9,11-19,21-22,32H,6,8,10,20H2,1-5H3. The van der Waals surface area contributed by atoms with Crippen LogP contribution in [0.25, 0.3) is 0 Å². The molecule has 0 unspecified atom stereocenters. The molecule has 1 N–H and O–H groups in total. The van der Waals surface area contributed by atoms with Gasteiger partial charge in [0.25, 0.3) is 0 Å². The number of rotatable bonds is 11. The molecule has 5 nitrogen and oxygen atoms in total. The zero-order valence-corrected chi connectivity index (χ0v) is 21.5. The summed E-state index contributed by atoms with van der Waals surface area (Å²) in [6, 6.07) is 21.9. The third-order valence-corrected chi connectivity index (χ3v) is 6.07. The van der Waals surface area contributed by atoms with Gasteiger partial charge in [-0.1, -0.05) is 18.2 Å². The largest absolute Gasteiger partial charge is 0.497 e. The number of ether oxygens (including phenoxy) is 2. The molecule has 0 saturated carbocycles. The van der Waals surface area contributed by atoms with Gasteiger partial charge >= 0.3 is 5.97 Å².